The summed E-state index contributed by atoms with van der Waals surface area (Å²) >= 11 is 3.35. The number of carbonyl (C=O) groups excluding carboxylic acids is 1. The zero-order valence-electron chi connectivity index (χ0n) is 10.1. The molecule has 0 atom stereocenters. The van der Waals surface area contributed by atoms with E-state index in [1.165, 1.54) is 0 Å². The maximum absolute atomic E-state index is 12.2. The Morgan fingerprint density at radius 3 is 3.05 bits per heavy atom. The smallest absolute Gasteiger partial charge is 0.272 e. The summed E-state index contributed by atoms with van der Waals surface area (Å²) in [5.74, 6) is -0.168. The molecule has 0 aliphatic carbocycles. The van der Waals surface area contributed by atoms with Gasteiger partial charge in [0.25, 0.3) is 5.91 Å². The van der Waals surface area contributed by atoms with E-state index >= 15 is 0 Å². The van der Waals surface area contributed by atoms with Crippen molar-refractivity contribution < 1.29 is 9.53 Å². The van der Waals surface area contributed by atoms with Crippen LogP contribution in [0.25, 0.3) is 11.0 Å². The predicted octanol–water partition coefficient (Wildman–Crippen LogP) is 1.63. The number of halogens is 1. The lowest BCUT2D eigenvalue weighted by Crippen LogP contribution is -2.39. The number of nitrogens with one attached hydrogen (secondary N) is 2. The molecule has 0 spiro atoms. The van der Waals surface area contributed by atoms with Gasteiger partial charge in [0, 0.05) is 29.9 Å². The fourth-order valence-corrected chi connectivity index (χ4v) is 2.48. The van der Waals surface area contributed by atoms with Gasteiger partial charge in [0.1, 0.15) is 0 Å². The highest BCUT2D eigenvalue weighted by Crippen LogP contribution is 2.19. The average Bonchev–Trinajstić information content (AvgIpc) is 2.82. The van der Waals surface area contributed by atoms with E-state index in [9.17, 15) is 4.79 Å². The second kappa shape index (κ2) is 5.26. The molecule has 1 aliphatic rings. The van der Waals surface area contributed by atoms with E-state index in [2.05, 4.69) is 36.4 Å². The number of hydrogen-bond acceptors (Lipinski definition) is 4. The minimum atomic E-state index is -0.168. The molecule has 6 nitrogen and oxygen atoms in total. The molecule has 2 N–H and O–H groups in total. The molecule has 1 amide bonds. The first-order valence-corrected chi connectivity index (χ1v) is 6.91. The number of aromatic amines is 1. The van der Waals surface area contributed by atoms with Gasteiger partial charge in [0.05, 0.1) is 5.39 Å². The molecule has 0 unspecified atom stereocenters. The highest BCUT2D eigenvalue weighted by Gasteiger charge is 2.20. The van der Waals surface area contributed by atoms with E-state index in [-0.39, 0.29) is 11.9 Å². The highest BCUT2D eigenvalue weighted by molar-refractivity contribution is 9.10. The van der Waals surface area contributed by atoms with Crippen LogP contribution in [0, 0.1) is 0 Å². The Morgan fingerprint density at radius 2 is 2.26 bits per heavy atom. The van der Waals surface area contributed by atoms with Crippen LogP contribution in [0.5, 0.6) is 0 Å². The Morgan fingerprint density at radius 1 is 1.47 bits per heavy atom. The number of ether oxygens (including phenoxy) is 1. The lowest BCUT2D eigenvalue weighted by Gasteiger charge is -2.22. The fourth-order valence-electron chi connectivity index (χ4n) is 2.15. The number of hydrogen-bond donors (Lipinski definition) is 2. The lowest BCUT2D eigenvalue weighted by atomic mass is 10.1. The van der Waals surface area contributed by atoms with Gasteiger partial charge >= 0.3 is 0 Å². The molecule has 0 aromatic carbocycles. The van der Waals surface area contributed by atoms with Crippen molar-refractivity contribution in [1.82, 2.24) is 20.5 Å². The molecule has 0 radical (unpaired) electrons. The maximum atomic E-state index is 12.2. The van der Waals surface area contributed by atoms with Crippen LogP contribution in [0.2, 0.25) is 0 Å². The maximum Gasteiger partial charge on any atom is 0.272 e. The summed E-state index contributed by atoms with van der Waals surface area (Å²) in [6.45, 7) is 1.39. The quantitative estimate of drug-likeness (QED) is 0.879. The van der Waals surface area contributed by atoms with E-state index in [0.29, 0.717) is 24.6 Å². The third-order valence-electron chi connectivity index (χ3n) is 3.15. The molecule has 1 aliphatic heterocycles. The van der Waals surface area contributed by atoms with Crippen molar-refractivity contribution in [2.45, 2.75) is 18.9 Å². The molecule has 2 aromatic heterocycles. The molecule has 1 fully saturated rings. The summed E-state index contributed by atoms with van der Waals surface area (Å²) in [6, 6.07) is 2.00. The van der Waals surface area contributed by atoms with Crippen molar-refractivity contribution in [2.75, 3.05) is 13.2 Å². The molecule has 3 rings (SSSR count). The van der Waals surface area contributed by atoms with Crippen LogP contribution in [0.15, 0.2) is 16.7 Å². The molecule has 3 heterocycles. The van der Waals surface area contributed by atoms with E-state index in [0.717, 1.165) is 22.7 Å². The minimum absolute atomic E-state index is 0.160. The van der Waals surface area contributed by atoms with Gasteiger partial charge in [-0.2, -0.15) is 5.10 Å². The first kappa shape index (κ1) is 12.6. The van der Waals surface area contributed by atoms with Crippen molar-refractivity contribution in [3.63, 3.8) is 0 Å². The van der Waals surface area contributed by atoms with Crippen LogP contribution in [-0.2, 0) is 4.74 Å². The van der Waals surface area contributed by atoms with E-state index < -0.39 is 0 Å². The standard InChI is InChI=1S/C12H13BrN4O2/c13-7-5-9-10(16-17-11(9)14-6-7)12(18)15-8-1-3-19-4-2-8/h5-6,8H,1-4H2,(H,15,18)(H,14,16,17). The van der Waals surface area contributed by atoms with Gasteiger partial charge in [-0.05, 0) is 34.8 Å². The monoisotopic (exact) mass is 324 g/mol. The topological polar surface area (TPSA) is 79.9 Å². The number of rotatable bonds is 2. The number of nitrogens with zero attached hydrogens (tertiary/aromatic N) is 2. The first-order chi connectivity index (χ1) is 9.24. The Bertz CT molecular complexity index is 607. The van der Waals surface area contributed by atoms with Crippen molar-refractivity contribution >= 4 is 32.9 Å². The third kappa shape index (κ3) is 2.62. The van der Waals surface area contributed by atoms with E-state index in [1.807, 2.05) is 6.07 Å². The van der Waals surface area contributed by atoms with Crippen molar-refractivity contribution in [3.05, 3.63) is 22.4 Å². The van der Waals surface area contributed by atoms with Crippen molar-refractivity contribution in [2.24, 2.45) is 0 Å². The third-order valence-corrected chi connectivity index (χ3v) is 3.59. The molecular formula is C12H13BrN4O2. The van der Waals surface area contributed by atoms with Crippen LogP contribution in [0.1, 0.15) is 23.3 Å². The van der Waals surface area contributed by atoms with Crippen LogP contribution in [0.4, 0.5) is 0 Å². The van der Waals surface area contributed by atoms with Gasteiger partial charge in [0.2, 0.25) is 0 Å². The molecule has 2 aromatic rings. The summed E-state index contributed by atoms with van der Waals surface area (Å²) in [4.78, 5) is 16.4. The number of H-pyrrole nitrogens is 1. The number of fused-ring (bicyclic) bond motifs is 1. The number of pyridine rings is 1. The number of amides is 1. The molecule has 1 saturated heterocycles. The Kier molecular flexibility index (Phi) is 3.48. The molecule has 0 bridgehead atoms. The largest absolute Gasteiger partial charge is 0.381 e. The molecule has 7 heteroatoms. The second-order valence-corrected chi connectivity index (χ2v) is 5.40. The van der Waals surface area contributed by atoms with Gasteiger partial charge < -0.3 is 10.1 Å². The zero-order valence-corrected chi connectivity index (χ0v) is 11.7. The molecule has 100 valence electrons. The fraction of sp³-hybridized carbons (Fsp3) is 0.417. The van der Waals surface area contributed by atoms with Crippen molar-refractivity contribution in [3.8, 4) is 0 Å². The normalized spacial score (nSPS) is 16.7. The van der Waals surface area contributed by atoms with Crippen LogP contribution in [0.3, 0.4) is 0 Å². The number of aromatic nitrogens is 3. The second-order valence-electron chi connectivity index (χ2n) is 4.48. The summed E-state index contributed by atoms with van der Waals surface area (Å²) < 4.78 is 6.09. The van der Waals surface area contributed by atoms with Gasteiger partial charge in [0.15, 0.2) is 11.3 Å². The Hall–Kier alpha value is -1.47. The summed E-state index contributed by atoms with van der Waals surface area (Å²) in [6.07, 6.45) is 3.35. The van der Waals surface area contributed by atoms with Gasteiger partial charge in [-0.15, -0.1) is 0 Å². The molecule has 0 saturated carbocycles. The van der Waals surface area contributed by atoms with Gasteiger partial charge in [-0.1, -0.05) is 0 Å². The summed E-state index contributed by atoms with van der Waals surface area (Å²) in [5.41, 5.74) is 0.996. The zero-order chi connectivity index (χ0) is 13.2. The minimum Gasteiger partial charge on any atom is -0.381 e. The predicted molar refractivity (Wildman–Crippen MR) is 72.9 cm³/mol. The molecular weight excluding hydrogens is 312 g/mol. The summed E-state index contributed by atoms with van der Waals surface area (Å²) in [5, 5.41) is 10.5. The van der Waals surface area contributed by atoms with E-state index in [4.69, 9.17) is 4.74 Å². The van der Waals surface area contributed by atoms with Crippen molar-refractivity contribution in [1.29, 1.82) is 0 Å². The van der Waals surface area contributed by atoms with Gasteiger partial charge in [-0.3, -0.25) is 9.89 Å². The Balaban J connectivity index is 1.82. The average molecular weight is 325 g/mol. The summed E-state index contributed by atoms with van der Waals surface area (Å²) in [7, 11) is 0. The highest BCUT2D eigenvalue weighted by atomic mass is 79.9. The SMILES string of the molecule is O=C(NC1CCOCC1)c1n[nH]c2ncc(Br)cc12. The van der Waals surface area contributed by atoms with E-state index in [1.54, 1.807) is 6.20 Å². The molecule has 19 heavy (non-hydrogen) atoms. The first-order valence-electron chi connectivity index (χ1n) is 6.12. The van der Waals surface area contributed by atoms with Gasteiger partial charge in [-0.25, -0.2) is 4.98 Å². The number of carbonyl (C=O) groups is 1. The van der Waals surface area contributed by atoms with Crippen LogP contribution >= 0.6 is 15.9 Å². The Labute approximate surface area is 118 Å². The van der Waals surface area contributed by atoms with Crippen LogP contribution < -0.4 is 5.32 Å². The van der Waals surface area contributed by atoms with Crippen LogP contribution in [-0.4, -0.2) is 40.3 Å². The lowest BCUT2D eigenvalue weighted by molar-refractivity contribution is 0.0695.